The van der Waals surface area contributed by atoms with Crippen molar-refractivity contribution in [3.8, 4) is 11.5 Å². The van der Waals surface area contributed by atoms with E-state index in [1.165, 1.54) is 12.1 Å². The third-order valence-corrected chi connectivity index (χ3v) is 5.16. The molecule has 0 aliphatic carbocycles. The van der Waals surface area contributed by atoms with Gasteiger partial charge in [0, 0.05) is 35.3 Å². The fraction of sp³-hybridized carbons (Fsp3) is 0.0870. The van der Waals surface area contributed by atoms with Gasteiger partial charge < -0.3 is 14.0 Å². The Morgan fingerprint density at radius 1 is 1.06 bits per heavy atom. The van der Waals surface area contributed by atoms with Crippen molar-refractivity contribution in [3.63, 3.8) is 0 Å². The number of amides is 4. The summed E-state index contributed by atoms with van der Waals surface area (Å²) in [5, 5.41) is 3.12. The molecule has 3 heterocycles. The number of aromatic nitrogens is 1. The Balaban J connectivity index is 1.58. The van der Waals surface area contributed by atoms with Crippen molar-refractivity contribution in [2.24, 2.45) is 0 Å². The van der Waals surface area contributed by atoms with E-state index in [2.05, 4.69) is 11.9 Å². The maximum atomic E-state index is 13.2. The summed E-state index contributed by atoms with van der Waals surface area (Å²) in [5.41, 5.74) is 1.77. The molecule has 0 atom stereocenters. The molecule has 3 aromatic rings. The molecule has 1 N–H and O–H groups in total. The van der Waals surface area contributed by atoms with E-state index in [1.807, 2.05) is 35.0 Å². The molecule has 1 saturated heterocycles. The topological polar surface area (TPSA) is 89.9 Å². The molecule has 31 heavy (non-hydrogen) atoms. The number of fused-ring (bicyclic) bond motifs is 2. The number of allylic oxidation sites excluding steroid dienone is 1. The summed E-state index contributed by atoms with van der Waals surface area (Å²) in [6, 6.07) is 11.5. The van der Waals surface area contributed by atoms with Crippen molar-refractivity contribution < 1.29 is 23.9 Å². The highest BCUT2D eigenvalue weighted by atomic mass is 16.7. The van der Waals surface area contributed by atoms with Crippen LogP contribution in [0.5, 0.6) is 11.5 Å². The molecule has 5 rings (SSSR count). The Morgan fingerprint density at radius 2 is 1.87 bits per heavy atom. The maximum Gasteiger partial charge on any atom is 0.335 e. The lowest BCUT2D eigenvalue weighted by Gasteiger charge is -2.26. The van der Waals surface area contributed by atoms with E-state index in [-0.39, 0.29) is 18.1 Å². The van der Waals surface area contributed by atoms with Gasteiger partial charge in [0.1, 0.15) is 5.57 Å². The molecule has 8 nitrogen and oxygen atoms in total. The van der Waals surface area contributed by atoms with Crippen LogP contribution in [0.1, 0.15) is 5.56 Å². The highest BCUT2D eigenvalue weighted by Crippen LogP contribution is 2.36. The summed E-state index contributed by atoms with van der Waals surface area (Å²) in [4.78, 5) is 39.1. The summed E-state index contributed by atoms with van der Waals surface area (Å²) in [6.07, 6.45) is 5.12. The van der Waals surface area contributed by atoms with Gasteiger partial charge in [-0.25, -0.2) is 9.69 Å². The van der Waals surface area contributed by atoms with Crippen LogP contribution in [0.4, 0.5) is 10.5 Å². The normalized spacial score (nSPS) is 16.8. The van der Waals surface area contributed by atoms with Gasteiger partial charge in [-0.05, 0) is 24.3 Å². The second-order valence-corrected chi connectivity index (χ2v) is 7.04. The van der Waals surface area contributed by atoms with Crippen molar-refractivity contribution in [3.05, 3.63) is 72.5 Å². The van der Waals surface area contributed by atoms with Crippen LogP contribution in [-0.2, 0) is 16.1 Å². The Hall–Kier alpha value is -4.33. The number of anilines is 1. The van der Waals surface area contributed by atoms with E-state index in [1.54, 1.807) is 18.2 Å². The zero-order valence-corrected chi connectivity index (χ0v) is 16.3. The number of para-hydroxylation sites is 1. The van der Waals surface area contributed by atoms with Gasteiger partial charge in [0.15, 0.2) is 11.5 Å². The average Bonchev–Trinajstić information content (AvgIpc) is 3.36. The molecule has 2 aromatic carbocycles. The molecular weight excluding hydrogens is 398 g/mol. The minimum absolute atomic E-state index is 0.0668. The van der Waals surface area contributed by atoms with Gasteiger partial charge in [-0.1, -0.05) is 24.3 Å². The van der Waals surface area contributed by atoms with Gasteiger partial charge in [-0.2, -0.15) is 0 Å². The number of benzene rings is 2. The molecule has 0 spiro atoms. The number of imide groups is 2. The summed E-state index contributed by atoms with van der Waals surface area (Å²) in [7, 11) is 0. The number of hydrogen-bond acceptors (Lipinski definition) is 5. The largest absolute Gasteiger partial charge is 0.454 e. The fourth-order valence-electron chi connectivity index (χ4n) is 3.75. The number of ether oxygens (including phenoxy) is 2. The summed E-state index contributed by atoms with van der Waals surface area (Å²) >= 11 is 0. The third-order valence-electron chi connectivity index (χ3n) is 5.16. The Bertz CT molecular complexity index is 1300. The zero-order chi connectivity index (χ0) is 21.5. The average molecular weight is 415 g/mol. The summed E-state index contributed by atoms with van der Waals surface area (Å²) in [5.74, 6) is -0.510. The second-order valence-electron chi connectivity index (χ2n) is 7.04. The van der Waals surface area contributed by atoms with Gasteiger partial charge in [0.2, 0.25) is 6.79 Å². The molecular formula is C23H17N3O5. The highest BCUT2D eigenvalue weighted by molar-refractivity contribution is 6.39. The first-order valence-corrected chi connectivity index (χ1v) is 9.56. The molecule has 1 fully saturated rings. The van der Waals surface area contributed by atoms with Crippen LogP contribution in [0.2, 0.25) is 0 Å². The van der Waals surface area contributed by atoms with Gasteiger partial charge in [0.25, 0.3) is 11.8 Å². The number of nitrogens with zero attached hydrogens (tertiary/aromatic N) is 2. The first-order valence-electron chi connectivity index (χ1n) is 9.56. The number of rotatable bonds is 4. The van der Waals surface area contributed by atoms with Crippen molar-refractivity contribution in [1.82, 2.24) is 9.88 Å². The van der Waals surface area contributed by atoms with E-state index in [0.29, 0.717) is 23.6 Å². The van der Waals surface area contributed by atoms with E-state index < -0.39 is 17.8 Å². The number of carbonyl (C=O) groups excluding carboxylic acids is 3. The Morgan fingerprint density at radius 3 is 2.71 bits per heavy atom. The first-order chi connectivity index (χ1) is 15.1. The quantitative estimate of drug-likeness (QED) is 0.402. The Kier molecular flexibility index (Phi) is 4.32. The van der Waals surface area contributed by atoms with E-state index in [4.69, 9.17) is 9.47 Å². The predicted molar refractivity (Wildman–Crippen MR) is 114 cm³/mol. The smallest absolute Gasteiger partial charge is 0.335 e. The second kappa shape index (κ2) is 7.17. The van der Waals surface area contributed by atoms with Gasteiger partial charge in [-0.15, -0.1) is 6.58 Å². The van der Waals surface area contributed by atoms with Crippen LogP contribution in [-0.4, -0.2) is 29.2 Å². The summed E-state index contributed by atoms with van der Waals surface area (Å²) < 4.78 is 12.6. The third kappa shape index (κ3) is 3.05. The molecule has 0 saturated carbocycles. The molecule has 1 aromatic heterocycles. The number of barbiturate groups is 1. The van der Waals surface area contributed by atoms with Crippen molar-refractivity contribution in [2.75, 3.05) is 11.7 Å². The molecule has 4 amide bonds. The van der Waals surface area contributed by atoms with Crippen molar-refractivity contribution >= 4 is 40.5 Å². The van der Waals surface area contributed by atoms with Crippen LogP contribution in [0.25, 0.3) is 17.0 Å². The lowest BCUT2D eigenvalue weighted by molar-refractivity contribution is -0.122. The van der Waals surface area contributed by atoms with Crippen molar-refractivity contribution in [1.29, 1.82) is 0 Å². The van der Waals surface area contributed by atoms with Crippen LogP contribution in [0.15, 0.2) is 66.9 Å². The molecule has 2 aliphatic rings. The predicted octanol–water partition coefficient (Wildman–Crippen LogP) is 3.22. The van der Waals surface area contributed by atoms with Crippen LogP contribution in [0, 0.1) is 0 Å². The Labute approximate surface area is 177 Å². The van der Waals surface area contributed by atoms with Crippen LogP contribution >= 0.6 is 0 Å². The lowest BCUT2D eigenvalue weighted by atomic mass is 10.1. The van der Waals surface area contributed by atoms with E-state index in [0.717, 1.165) is 15.8 Å². The minimum Gasteiger partial charge on any atom is -0.454 e. The monoisotopic (exact) mass is 415 g/mol. The first kappa shape index (κ1) is 18.7. The van der Waals surface area contributed by atoms with Gasteiger partial charge in [0.05, 0.1) is 5.69 Å². The zero-order valence-electron chi connectivity index (χ0n) is 16.3. The molecule has 0 radical (unpaired) electrons. The number of nitrogens with one attached hydrogen (secondary N) is 1. The molecule has 0 bridgehead atoms. The van der Waals surface area contributed by atoms with Gasteiger partial charge >= 0.3 is 6.03 Å². The van der Waals surface area contributed by atoms with Crippen LogP contribution < -0.4 is 19.7 Å². The highest BCUT2D eigenvalue weighted by Gasteiger charge is 2.37. The van der Waals surface area contributed by atoms with E-state index in [9.17, 15) is 14.4 Å². The maximum absolute atomic E-state index is 13.2. The van der Waals surface area contributed by atoms with E-state index >= 15 is 0 Å². The standard InChI is InChI=1S/C23H17N3O5/c1-2-9-25-12-14(16-5-3-4-6-18(16)25)10-17-21(27)24-23(29)26(22(17)28)15-7-8-19-20(11-15)31-13-30-19/h2-8,10-12H,1,9,13H2,(H,24,27,29)/b17-10+. The molecule has 0 unspecified atom stereocenters. The minimum atomic E-state index is -0.819. The van der Waals surface area contributed by atoms with Crippen LogP contribution in [0.3, 0.4) is 0 Å². The number of hydrogen-bond donors (Lipinski definition) is 1. The van der Waals surface area contributed by atoms with Crippen molar-refractivity contribution in [2.45, 2.75) is 6.54 Å². The molecule has 2 aliphatic heterocycles. The lowest BCUT2D eigenvalue weighted by Crippen LogP contribution is -2.54. The molecule has 154 valence electrons. The fourth-order valence-corrected chi connectivity index (χ4v) is 3.75. The number of urea groups is 1. The van der Waals surface area contributed by atoms with Gasteiger partial charge in [-0.3, -0.25) is 14.9 Å². The number of carbonyl (C=O) groups is 3. The summed E-state index contributed by atoms with van der Waals surface area (Å²) in [6.45, 7) is 4.41. The molecule has 8 heteroatoms. The SMILES string of the molecule is C=CCn1cc(/C=C2\C(=O)NC(=O)N(c3ccc4c(c3)OCO4)C2=O)c2ccccc21.